The van der Waals surface area contributed by atoms with Gasteiger partial charge in [-0.3, -0.25) is 4.55 Å². The molecule has 2 heterocycles. The molecule has 0 fully saturated rings. The number of carbonyl (C=O) groups excluding carboxylic acids is 1. The van der Waals surface area contributed by atoms with E-state index in [1.54, 1.807) is 11.0 Å². The number of benzene rings is 1. The highest BCUT2D eigenvalue weighted by atomic mass is 32.2. The van der Waals surface area contributed by atoms with Crippen LogP contribution in [0.15, 0.2) is 47.5 Å². The molecule has 1 aliphatic rings. The number of fused-ring (bicyclic) bond motifs is 1. The third-order valence-corrected chi connectivity index (χ3v) is 5.75. The van der Waals surface area contributed by atoms with Crippen molar-refractivity contribution in [2.45, 2.75) is 69.7 Å². The monoisotopic (exact) mass is 432 g/mol. The minimum Gasteiger partial charge on any atom is -0.444 e. The van der Waals surface area contributed by atoms with Crippen molar-refractivity contribution < 1.29 is 22.5 Å². The zero-order chi connectivity index (χ0) is 21.9. The molecule has 1 amide bonds. The van der Waals surface area contributed by atoms with Crippen LogP contribution in [0.25, 0.3) is 0 Å². The summed E-state index contributed by atoms with van der Waals surface area (Å²) in [6.07, 6.45) is 2.49. The predicted molar refractivity (Wildman–Crippen MR) is 113 cm³/mol. The van der Waals surface area contributed by atoms with Gasteiger partial charge in [0.1, 0.15) is 5.60 Å². The van der Waals surface area contributed by atoms with Crippen LogP contribution in [0, 0.1) is 0 Å². The summed E-state index contributed by atoms with van der Waals surface area (Å²) >= 11 is 0. The van der Waals surface area contributed by atoms with E-state index in [4.69, 9.17) is 4.74 Å². The Hall–Kier alpha value is -2.45. The summed E-state index contributed by atoms with van der Waals surface area (Å²) in [4.78, 5) is 18.7. The van der Waals surface area contributed by atoms with Gasteiger partial charge in [0.15, 0.2) is 5.03 Å². The predicted octanol–water partition coefficient (Wildman–Crippen LogP) is 4.01. The molecule has 8 heteroatoms. The number of aryl methyl sites for hydroxylation is 1. The molecule has 0 bridgehead atoms. The third-order valence-electron chi connectivity index (χ3n) is 4.99. The maximum Gasteiger partial charge on any atom is 0.410 e. The standard InChI is InChI=1S/C22H28N2O5S/c1-22(2,3)29-21(25)24-15-17-12-13-20(30(26,27)28)23-19(17)14-18(24)11-7-10-16-8-5-4-6-9-16/h4-6,8-9,12-13,18H,7,10-11,14-15H2,1-3H3,(H,26,27,28). The Morgan fingerprint density at radius 1 is 1.20 bits per heavy atom. The summed E-state index contributed by atoms with van der Waals surface area (Å²) < 4.78 is 37.8. The summed E-state index contributed by atoms with van der Waals surface area (Å²) in [6, 6.07) is 12.8. The molecule has 0 saturated carbocycles. The summed E-state index contributed by atoms with van der Waals surface area (Å²) in [7, 11) is -4.38. The average molecular weight is 433 g/mol. The Balaban J connectivity index is 1.81. The first kappa shape index (κ1) is 22.2. The molecule has 3 rings (SSSR count). The maximum atomic E-state index is 12.8. The van der Waals surface area contributed by atoms with Crippen molar-refractivity contribution in [3.63, 3.8) is 0 Å². The molecule has 0 spiro atoms. The Labute approximate surface area is 177 Å². The second kappa shape index (κ2) is 8.73. The van der Waals surface area contributed by atoms with E-state index >= 15 is 0 Å². The van der Waals surface area contributed by atoms with Gasteiger partial charge in [-0.25, -0.2) is 9.78 Å². The van der Waals surface area contributed by atoms with Crippen LogP contribution in [-0.4, -0.2) is 40.6 Å². The Bertz CT molecular complexity index is 1000. The van der Waals surface area contributed by atoms with Gasteiger partial charge in [-0.1, -0.05) is 36.4 Å². The molecule has 1 aliphatic heterocycles. The number of aromatic nitrogens is 1. The first-order valence-electron chi connectivity index (χ1n) is 10.0. The fraction of sp³-hybridized carbons (Fsp3) is 0.455. The van der Waals surface area contributed by atoms with Gasteiger partial charge in [0.05, 0.1) is 6.54 Å². The first-order valence-corrected chi connectivity index (χ1v) is 11.5. The van der Waals surface area contributed by atoms with E-state index in [1.807, 2.05) is 39.0 Å². The molecule has 30 heavy (non-hydrogen) atoms. The second-order valence-electron chi connectivity index (χ2n) is 8.57. The molecular weight excluding hydrogens is 404 g/mol. The number of carbonyl (C=O) groups is 1. The van der Waals surface area contributed by atoms with Gasteiger partial charge in [-0.15, -0.1) is 0 Å². The lowest BCUT2D eigenvalue weighted by Gasteiger charge is -2.37. The van der Waals surface area contributed by atoms with E-state index in [9.17, 15) is 17.8 Å². The Kier molecular flexibility index (Phi) is 6.47. The zero-order valence-corrected chi connectivity index (χ0v) is 18.4. The highest BCUT2D eigenvalue weighted by Crippen LogP contribution is 2.28. The lowest BCUT2D eigenvalue weighted by Crippen LogP contribution is -2.46. The van der Waals surface area contributed by atoms with Gasteiger partial charge < -0.3 is 9.64 Å². The minimum atomic E-state index is -4.38. The normalized spacial score (nSPS) is 16.8. The molecule has 1 aromatic heterocycles. The topological polar surface area (TPSA) is 96.8 Å². The van der Waals surface area contributed by atoms with Gasteiger partial charge in [-0.05, 0) is 57.2 Å². The van der Waals surface area contributed by atoms with E-state index in [0.717, 1.165) is 24.8 Å². The SMILES string of the molecule is CC(C)(C)OC(=O)N1Cc2ccc(S(=O)(=O)O)nc2CC1CCCc1ccccc1. The largest absolute Gasteiger partial charge is 0.444 e. The number of hydrogen-bond acceptors (Lipinski definition) is 5. The average Bonchev–Trinajstić information content (AvgIpc) is 2.65. The molecule has 1 N–H and O–H groups in total. The number of nitrogens with zero attached hydrogens (tertiary/aromatic N) is 2. The summed E-state index contributed by atoms with van der Waals surface area (Å²) in [5.74, 6) is 0. The van der Waals surface area contributed by atoms with Gasteiger partial charge in [0.2, 0.25) is 0 Å². The van der Waals surface area contributed by atoms with Crippen LogP contribution in [-0.2, 0) is 34.2 Å². The molecule has 1 unspecified atom stereocenters. The first-order chi connectivity index (χ1) is 14.0. The fourth-order valence-corrected chi connectivity index (χ4v) is 4.06. The van der Waals surface area contributed by atoms with Crippen LogP contribution in [0.3, 0.4) is 0 Å². The minimum absolute atomic E-state index is 0.166. The van der Waals surface area contributed by atoms with E-state index in [-0.39, 0.29) is 11.1 Å². The molecule has 1 atom stereocenters. The molecule has 162 valence electrons. The highest BCUT2D eigenvalue weighted by Gasteiger charge is 2.33. The molecule has 2 aromatic rings. The smallest absolute Gasteiger partial charge is 0.410 e. The molecule has 7 nitrogen and oxygen atoms in total. The summed E-state index contributed by atoms with van der Waals surface area (Å²) in [5, 5.41) is -0.366. The van der Waals surface area contributed by atoms with E-state index in [0.29, 0.717) is 18.7 Å². The van der Waals surface area contributed by atoms with Gasteiger partial charge in [0, 0.05) is 18.2 Å². The van der Waals surface area contributed by atoms with Gasteiger partial charge >= 0.3 is 16.2 Å². The zero-order valence-electron chi connectivity index (χ0n) is 17.5. The molecule has 0 radical (unpaired) electrons. The van der Waals surface area contributed by atoms with Crippen LogP contribution in [0.4, 0.5) is 4.79 Å². The maximum absolute atomic E-state index is 12.8. The fourth-order valence-electron chi connectivity index (χ4n) is 3.60. The summed E-state index contributed by atoms with van der Waals surface area (Å²) in [6.45, 7) is 5.77. The van der Waals surface area contributed by atoms with Gasteiger partial charge in [-0.2, -0.15) is 8.42 Å². The summed E-state index contributed by atoms with van der Waals surface area (Å²) in [5.41, 5.74) is 1.96. The van der Waals surface area contributed by atoms with Crippen molar-refractivity contribution in [1.82, 2.24) is 9.88 Å². The Morgan fingerprint density at radius 2 is 1.90 bits per heavy atom. The number of rotatable bonds is 5. The number of ether oxygens (including phenoxy) is 1. The van der Waals surface area contributed by atoms with E-state index in [2.05, 4.69) is 17.1 Å². The lowest BCUT2D eigenvalue weighted by atomic mass is 9.94. The second-order valence-corrected chi connectivity index (χ2v) is 9.94. The molecule has 1 aromatic carbocycles. The third kappa shape index (κ3) is 5.79. The van der Waals surface area contributed by atoms with Crippen molar-refractivity contribution >= 4 is 16.2 Å². The molecule has 0 aliphatic carbocycles. The van der Waals surface area contributed by atoms with Crippen molar-refractivity contribution in [1.29, 1.82) is 0 Å². The van der Waals surface area contributed by atoms with E-state index < -0.39 is 21.8 Å². The van der Waals surface area contributed by atoms with Crippen LogP contribution in [0.2, 0.25) is 0 Å². The highest BCUT2D eigenvalue weighted by molar-refractivity contribution is 7.85. The van der Waals surface area contributed by atoms with Crippen molar-refractivity contribution in [3.8, 4) is 0 Å². The quantitative estimate of drug-likeness (QED) is 0.717. The molecular formula is C22H28N2O5S. The van der Waals surface area contributed by atoms with Gasteiger partial charge in [0.25, 0.3) is 0 Å². The molecule has 0 saturated heterocycles. The van der Waals surface area contributed by atoms with Crippen LogP contribution >= 0.6 is 0 Å². The number of pyridine rings is 1. The van der Waals surface area contributed by atoms with Crippen molar-refractivity contribution in [2.24, 2.45) is 0 Å². The number of amides is 1. The van der Waals surface area contributed by atoms with E-state index in [1.165, 1.54) is 11.6 Å². The van der Waals surface area contributed by atoms with Crippen LogP contribution in [0.1, 0.15) is 50.4 Å². The van der Waals surface area contributed by atoms with Crippen LogP contribution < -0.4 is 0 Å². The van der Waals surface area contributed by atoms with Crippen LogP contribution in [0.5, 0.6) is 0 Å². The lowest BCUT2D eigenvalue weighted by molar-refractivity contribution is 0.0105. The van der Waals surface area contributed by atoms with Crippen molar-refractivity contribution in [3.05, 3.63) is 59.3 Å². The number of hydrogen-bond donors (Lipinski definition) is 1. The van der Waals surface area contributed by atoms with Crippen molar-refractivity contribution in [2.75, 3.05) is 0 Å². The Morgan fingerprint density at radius 3 is 2.53 bits per heavy atom.